The smallest absolute Gasteiger partial charge is 0.225 e. The van der Waals surface area contributed by atoms with Gasteiger partial charge in [-0.1, -0.05) is 0 Å². The quantitative estimate of drug-likeness (QED) is 0.757. The first-order valence-electron chi connectivity index (χ1n) is 6.83. The van der Waals surface area contributed by atoms with E-state index in [1.165, 1.54) is 10.4 Å². The van der Waals surface area contributed by atoms with Crippen molar-refractivity contribution in [2.75, 3.05) is 24.2 Å². The molecule has 0 bridgehead atoms. The van der Waals surface area contributed by atoms with Crippen LogP contribution in [0.4, 0.5) is 11.8 Å². The molecule has 0 aliphatic rings. The summed E-state index contributed by atoms with van der Waals surface area (Å²) in [4.78, 5) is 11.3. The number of anilines is 2. The average Bonchev–Trinajstić information content (AvgIpc) is 3.03. The summed E-state index contributed by atoms with van der Waals surface area (Å²) in [5, 5.41) is 11.7. The van der Waals surface area contributed by atoms with Crippen molar-refractivity contribution >= 4 is 33.3 Å². The first kappa shape index (κ1) is 13.8. The molecule has 110 valence electrons. The van der Waals surface area contributed by atoms with Gasteiger partial charge in [-0.25, -0.2) is 4.98 Å². The van der Waals surface area contributed by atoms with Gasteiger partial charge in [0, 0.05) is 31.7 Å². The molecule has 0 aromatic carbocycles. The Morgan fingerprint density at radius 3 is 2.90 bits per heavy atom. The Morgan fingerprint density at radius 2 is 2.19 bits per heavy atom. The monoisotopic (exact) mass is 302 g/mol. The predicted molar refractivity (Wildman–Crippen MR) is 87.1 cm³/mol. The Labute approximate surface area is 127 Å². The molecule has 0 radical (unpaired) electrons. The minimum absolute atomic E-state index is 0.647. The topological polar surface area (TPSA) is 67.7 Å². The second kappa shape index (κ2) is 5.69. The highest BCUT2D eigenvalue weighted by atomic mass is 32.1. The highest BCUT2D eigenvalue weighted by Gasteiger charge is 2.09. The molecule has 3 heterocycles. The molecule has 0 aliphatic heterocycles. The normalized spacial score (nSPS) is 11.0. The van der Waals surface area contributed by atoms with Gasteiger partial charge in [0.15, 0.2) is 0 Å². The van der Waals surface area contributed by atoms with Crippen molar-refractivity contribution in [1.29, 1.82) is 0 Å². The molecule has 2 N–H and O–H groups in total. The van der Waals surface area contributed by atoms with Gasteiger partial charge in [-0.15, -0.1) is 11.3 Å². The lowest BCUT2D eigenvalue weighted by Gasteiger charge is -2.07. The van der Waals surface area contributed by atoms with Crippen LogP contribution >= 0.6 is 11.3 Å². The number of rotatable bonds is 5. The highest BCUT2D eigenvalue weighted by molar-refractivity contribution is 7.18. The van der Waals surface area contributed by atoms with E-state index in [1.807, 2.05) is 31.2 Å². The van der Waals surface area contributed by atoms with Crippen LogP contribution in [-0.2, 0) is 13.5 Å². The van der Waals surface area contributed by atoms with Crippen LogP contribution in [0.25, 0.3) is 10.2 Å². The molecule has 0 aliphatic carbocycles. The van der Waals surface area contributed by atoms with Crippen molar-refractivity contribution in [1.82, 2.24) is 19.7 Å². The Hall–Kier alpha value is -2.15. The van der Waals surface area contributed by atoms with Gasteiger partial charge in [0.05, 0.1) is 11.6 Å². The maximum absolute atomic E-state index is 4.52. The minimum Gasteiger partial charge on any atom is -0.369 e. The lowest BCUT2D eigenvalue weighted by atomic mass is 10.2. The molecule has 0 fully saturated rings. The van der Waals surface area contributed by atoms with Gasteiger partial charge in [0.2, 0.25) is 5.95 Å². The van der Waals surface area contributed by atoms with Crippen LogP contribution < -0.4 is 10.6 Å². The summed E-state index contributed by atoms with van der Waals surface area (Å²) in [5.41, 5.74) is 1.21. The molecular weight excluding hydrogens is 284 g/mol. The lowest BCUT2D eigenvalue weighted by molar-refractivity contribution is 0.767. The van der Waals surface area contributed by atoms with E-state index in [0.717, 1.165) is 29.0 Å². The fraction of sp³-hybridized carbons (Fsp3) is 0.357. The summed E-state index contributed by atoms with van der Waals surface area (Å²) in [6.45, 7) is 2.90. The van der Waals surface area contributed by atoms with Crippen molar-refractivity contribution in [2.45, 2.75) is 13.3 Å². The van der Waals surface area contributed by atoms with Gasteiger partial charge in [0.1, 0.15) is 10.6 Å². The molecule has 3 aromatic rings. The number of aromatic nitrogens is 4. The second-order valence-electron chi connectivity index (χ2n) is 4.92. The zero-order valence-corrected chi connectivity index (χ0v) is 13.2. The van der Waals surface area contributed by atoms with Gasteiger partial charge in [-0.05, 0) is 25.0 Å². The fourth-order valence-electron chi connectivity index (χ4n) is 2.21. The molecule has 3 rings (SSSR count). The molecule has 0 atom stereocenters. The van der Waals surface area contributed by atoms with Gasteiger partial charge in [0.25, 0.3) is 0 Å². The number of aryl methyl sites for hydroxylation is 2. The average molecular weight is 302 g/mol. The Bertz CT molecular complexity index is 760. The molecular formula is C14H18N6S. The molecule has 0 saturated carbocycles. The van der Waals surface area contributed by atoms with Crippen LogP contribution in [0.5, 0.6) is 0 Å². The summed E-state index contributed by atoms with van der Waals surface area (Å²) < 4.78 is 1.82. The predicted octanol–water partition coefficient (Wildman–Crippen LogP) is 2.43. The number of fused-ring (bicyclic) bond motifs is 1. The van der Waals surface area contributed by atoms with Crippen molar-refractivity contribution in [3.63, 3.8) is 0 Å². The third-order valence-corrected chi connectivity index (χ3v) is 4.15. The molecule has 21 heavy (non-hydrogen) atoms. The van der Waals surface area contributed by atoms with Crippen LogP contribution in [0.2, 0.25) is 0 Å². The van der Waals surface area contributed by atoms with Crippen molar-refractivity contribution in [2.24, 2.45) is 7.05 Å². The third kappa shape index (κ3) is 2.97. The lowest BCUT2D eigenvalue weighted by Crippen LogP contribution is -2.08. The van der Waals surface area contributed by atoms with Gasteiger partial charge >= 0.3 is 0 Å². The number of thiophene rings is 1. The minimum atomic E-state index is 0.647. The zero-order chi connectivity index (χ0) is 14.8. The van der Waals surface area contributed by atoms with Gasteiger partial charge in [-0.3, -0.25) is 4.68 Å². The Morgan fingerprint density at radius 1 is 1.33 bits per heavy atom. The largest absolute Gasteiger partial charge is 0.369 e. The van der Waals surface area contributed by atoms with Crippen molar-refractivity contribution in [3.05, 3.63) is 28.9 Å². The van der Waals surface area contributed by atoms with Crippen LogP contribution in [0.3, 0.4) is 0 Å². The molecule has 0 amide bonds. The summed E-state index contributed by atoms with van der Waals surface area (Å²) >= 11 is 1.68. The first-order valence-corrected chi connectivity index (χ1v) is 7.64. The van der Waals surface area contributed by atoms with Gasteiger partial charge in [-0.2, -0.15) is 10.1 Å². The number of hydrogen-bond acceptors (Lipinski definition) is 6. The van der Waals surface area contributed by atoms with E-state index < -0.39 is 0 Å². The van der Waals surface area contributed by atoms with Crippen LogP contribution in [0.1, 0.15) is 10.4 Å². The maximum atomic E-state index is 4.52. The second-order valence-corrected chi connectivity index (χ2v) is 6.16. The van der Waals surface area contributed by atoms with Crippen LogP contribution in [-0.4, -0.2) is 33.3 Å². The van der Waals surface area contributed by atoms with Crippen molar-refractivity contribution < 1.29 is 0 Å². The third-order valence-electron chi connectivity index (χ3n) is 3.20. The molecule has 7 heteroatoms. The van der Waals surface area contributed by atoms with E-state index in [2.05, 4.69) is 38.7 Å². The zero-order valence-electron chi connectivity index (χ0n) is 12.3. The van der Waals surface area contributed by atoms with Crippen LogP contribution in [0.15, 0.2) is 18.5 Å². The summed E-state index contributed by atoms with van der Waals surface area (Å²) in [5.74, 6) is 1.53. The molecule has 0 spiro atoms. The first-order chi connectivity index (χ1) is 10.2. The fourth-order valence-corrected chi connectivity index (χ4v) is 3.09. The molecule has 0 unspecified atom stereocenters. The van der Waals surface area contributed by atoms with E-state index in [-0.39, 0.29) is 0 Å². The number of nitrogens with one attached hydrogen (secondary N) is 2. The Kier molecular flexibility index (Phi) is 3.74. The Balaban J connectivity index is 1.78. The maximum Gasteiger partial charge on any atom is 0.225 e. The van der Waals surface area contributed by atoms with E-state index in [0.29, 0.717) is 5.95 Å². The summed E-state index contributed by atoms with van der Waals surface area (Å²) in [6.07, 6.45) is 4.84. The molecule has 3 aromatic heterocycles. The van der Waals surface area contributed by atoms with Crippen molar-refractivity contribution in [3.8, 4) is 0 Å². The van der Waals surface area contributed by atoms with E-state index in [9.17, 15) is 0 Å². The summed E-state index contributed by atoms with van der Waals surface area (Å²) in [7, 11) is 3.76. The molecule has 6 nitrogen and oxygen atoms in total. The highest BCUT2D eigenvalue weighted by Crippen LogP contribution is 2.29. The number of nitrogens with zero attached hydrogens (tertiary/aromatic N) is 4. The van der Waals surface area contributed by atoms with Crippen LogP contribution in [0, 0.1) is 6.92 Å². The SMILES string of the molecule is CNc1nc(NCCc2cnn(C)c2)c2cc(C)sc2n1. The standard InChI is InChI=1S/C14H18N6S/c1-9-6-11-12(18-14(15-2)19-13(11)21-9)16-5-4-10-7-17-20(3)8-10/h6-8H,4-5H2,1-3H3,(H2,15,16,18,19). The van der Waals surface area contributed by atoms with E-state index >= 15 is 0 Å². The van der Waals surface area contributed by atoms with Gasteiger partial charge < -0.3 is 10.6 Å². The van der Waals surface area contributed by atoms with E-state index in [4.69, 9.17) is 0 Å². The van der Waals surface area contributed by atoms with E-state index in [1.54, 1.807) is 11.3 Å². The molecule has 0 saturated heterocycles. The summed E-state index contributed by atoms with van der Waals surface area (Å²) in [6, 6.07) is 2.13. The number of hydrogen-bond donors (Lipinski definition) is 2.